The van der Waals surface area contributed by atoms with Crippen LogP contribution in [-0.2, 0) is 14.9 Å². The molecule has 2 aromatic carbocycles. The van der Waals surface area contributed by atoms with Gasteiger partial charge >= 0.3 is 0 Å². The van der Waals surface area contributed by atoms with E-state index in [9.17, 15) is 18.5 Å². The Bertz CT molecular complexity index is 1010. The molecule has 27 heavy (non-hydrogen) atoms. The average molecular weight is 386 g/mol. The number of carbonyl (C=O) groups excluding carboxylic acids is 1. The smallest absolute Gasteiger partial charge is 0.294 e. The SMILES string of the molecule is CN(C)c1cccc(N/C=C(/C#N)C(=O)Nc2ccc(S(=O)(=O)O)cc2)c1. The third-order valence-corrected chi connectivity index (χ3v) is 4.39. The van der Waals surface area contributed by atoms with E-state index in [1.54, 1.807) is 12.1 Å². The fourth-order valence-corrected chi connectivity index (χ4v) is 2.57. The van der Waals surface area contributed by atoms with Crippen LogP contribution in [0.3, 0.4) is 0 Å². The van der Waals surface area contributed by atoms with Gasteiger partial charge in [0.2, 0.25) is 0 Å². The number of nitriles is 1. The minimum absolute atomic E-state index is 0.163. The summed E-state index contributed by atoms with van der Waals surface area (Å²) in [5.41, 5.74) is 1.78. The largest absolute Gasteiger partial charge is 0.378 e. The lowest BCUT2D eigenvalue weighted by molar-refractivity contribution is -0.112. The van der Waals surface area contributed by atoms with Crippen LogP contribution in [0, 0.1) is 11.3 Å². The molecule has 0 aliphatic heterocycles. The molecule has 9 heteroatoms. The van der Waals surface area contributed by atoms with Crippen LogP contribution in [0.15, 0.2) is 65.2 Å². The van der Waals surface area contributed by atoms with Gasteiger partial charge in [-0.25, -0.2) is 0 Å². The van der Waals surface area contributed by atoms with Crippen molar-refractivity contribution in [1.82, 2.24) is 0 Å². The number of nitrogens with one attached hydrogen (secondary N) is 2. The normalized spacial score (nSPS) is 11.4. The lowest BCUT2D eigenvalue weighted by Crippen LogP contribution is -2.14. The molecule has 140 valence electrons. The monoisotopic (exact) mass is 386 g/mol. The van der Waals surface area contributed by atoms with Crippen LogP contribution in [0.4, 0.5) is 17.1 Å². The predicted octanol–water partition coefficient (Wildman–Crippen LogP) is 2.46. The summed E-state index contributed by atoms with van der Waals surface area (Å²) in [6.45, 7) is 0. The quantitative estimate of drug-likeness (QED) is 0.396. The first-order valence-corrected chi connectivity index (χ1v) is 9.18. The Morgan fingerprint density at radius 1 is 1.15 bits per heavy atom. The maximum atomic E-state index is 12.2. The highest BCUT2D eigenvalue weighted by Crippen LogP contribution is 2.18. The van der Waals surface area contributed by atoms with Crippen LogP contribution < -0.4 is 15.5 Å². The van der Waals surface area contributed by atoms with Crippen LogP contribution in [-0.4, -0.2) is 33.0 Å². The molecule has 0 spiro atoms. The van der Waals surface area contributed by atoms with Gasteiger partial charge in [0, 0.05) is 37.4 Å². The number of hydrogen-bond donors (Lipinski definition) is 3. The van der Waals surface area contributed by atoms with Crippen molar-refractivity contribution >= 4 is 33.1 Å². The first kappa shape index (κ1) is 20.0. The van der Waals surface area contributed by atoms with Gasteiger partial charge in [-0.15, -0.1) is 0 Å². The molecule has 8 nitrogen and oxygen atoms in total. The molecule has 0 radical (unpaired) electrons. The Hall–Kier alpha value is -3.35. The van der Waals surface area contributed by atoms with Gasteiger partial charge in [-0.05, 0) is 42.5 Å². The topological polar surface area (TPSA) is 123 Å². The first-order chi connectivity index (χ1) is 12.7. The molecule has 0 fully saturated rings. The van der Waals surface area contributed by atoms with E-state index < -0.39 is 16.0 Å². The summed E-state index contributed by atoms with van der Waals surface area (Å²) in [4.78, 5) is 13.8. The van der Waals surface area contributed by atoms with E-state index in [-0.39, 0.29) is 16.2 Å². The zero-order valence-corrected chi connectivity index (χ0v) is 15.5. The van der Waals surface area contributed by atoms with Crippen molar-refractivity contribution in [1.29, 1.82) is 5.26 Å². The molecule has 0 saturated heterocycles. The van der Waals surface area contributed by atoms with E-state index in [2.05, 4.69) is 10.6 Å². The highest BCUT2D eigenvalue weighted by Gasteiger charge is 2.12. The maximum absolute atomic E-state index is 12.2. The number of nitrogens with zero attached hydrogens (tertiary/aromatic N) is 2. The number of anilines is 3. The maximum Gasteiger partial charge on any atom is 0.294 e. The lowest BCUT2D eigenvalue weighted by atomic mass is 10.2. The molecule has 0 aliphatic carbocycles. The lowest BCUT2D eigenvalue weighted by Gasteiger charge is -2.13. The second-order valence-corrected chi connectivity index (χ2v) is 7.13. The highest BCUT2D eigenvalue weighted by molar-refractivity contribution is 7.85. The van der Waals surface area contributed by atoms with Crippen molar-refractivity contribution in [2.75, 3.05) is 29.6 Å². The summed E-state index contributed by atoms with van der Waals surface area (Å²) >= 11 is 0. The fraction of sp³-hybridized carbons (Fsp3) is 0.111. The molecule has 2 rings (SSSR count). The molecule has 1 amide bonds. The van der Waals surface area contributed by atoms with Crippen LogP contribution in [0.1, 0.15) is 0 Å². The molecule has 0 atom stereocenters. The van der Waals surface area contributed by atoms with Crippen LogP contribution in [0.2, 0.25) is 0 Å². The van der Waals surface area contributed by atoms with Crippen LogP contribution in [0.5, 0.6) is 0 Å². The molecule has 0 aromatic heterocycles. The van der Waals surface area contributed by atoms with Crippen molar-refractivity contribution in [2.45, 2.75) is 4.90 Å². The summed E-state index contributed by atoms with van der Waals surface area (Å²) in [5, 5.41) is 14.6. The number of amides is 1. The van der Waals surface area contributed by atoms with Crippen molar-refractivity contribution < 1.29 is 17.8 Å². The molecular weight excluding hydrogens is 368 g/mol. The van der Waals surface area contributed by atoms with Crippen LogP contribution >= 0.6 is 0 Å². The van der Waals surface area contributed by atoms with Crippen molar-refractivity contribution in [2.24, 2.45) is 0 Å². The Labute approximate surface area is 157 Å². The fourth-order valence-electron chi connectivity index (χ4n) is 2.09. The van der Waals surface area contributed by atoms with Gasteiger partial charge in [-0.3, -0.25) is 9.35 Å². The zero-order chi connectivity index (χ0) is 20.0. The van der Waals surface area contributed by atoms with Crippen molar-refractivity contribution in [3.63, 3.8) is 0 Å². The second-order valence-electron chi connectivity index (χ2n) is 5.71. The Kier molecular flexibility index (Phi) is 6.18. The predicted molar refractivity (Wildman–Crippen MR) is 103 cm³/mol. The number of benzene rings is 2. The van der Waals surface area contributed by atoms with Gasteiger partial charge in [0.05, 0.1) is 4.90 Å². The van der Waals surface area contributed by atoms with Gasteiger partial charge < -0.3 is 15.5 Å². The Morgan fingerprint density at radius 3 is 2.37 bits per heavy atom. The van der Waals surface area contributed by atoms with Gasteiger partial charge in [0.25, 0.3) is 16.0 Å². The van der Waals surface area contributed by atoms with Gasteiger partial charge in [-0.1, -0.05) is 6.07 Å². The minimum atomic E-state index is -4.31. The zero-order valence-electron chi connectivity index (χ0n) is 14.7. The molecule has 0 aliphatic rings. The summed E-state index contributed by atoms with van der Waals surface area (Å²) in [5.74, 6) is -0.659. The van der Waals surface area contributed by atoms with E-state index in [1.165, 1.54) is 18.3 Å². The van der Waals surface area contributed by atoms with Gasteiger partial charge in [0.15, 0.2) is 0 Å². The summed E-state index contributed by atoms with van der Waals surface area (Å²) in [6.07, 6.45) is 1.29. The third-order valence-electron chi connectivity index (χ3n) is 3.52. The van der Waals surface area contributed by atoms with E-state index in [4.69, 9.17) is 4.55 Å². The Balaban J connectivity index is 2.10. The molecule has 0 saturated carbocycles. The van der Waals surface area contributed by atoms with Crippen molar-refractivity contribution in [3.05, 3.63) is 60.3 Å². The summed E-state index contributed by atoms with van der Waals surface area (Å²) in [7, 11) is -0.509. The molecular formula is C18H18N4O4S. The minimum Gasteiger partial charge on any atom is -0.378 e. The number of carbonyl (C=O) groups is 1. The molecule has 0 unspecified atom stereocenters. The molecule has 2 aromatic rings. The van der Waals surface area contributed by atoms with Gasteiger partial charge in [0.1, 0.15) is 11.6 Å². The third kappa shape index (κ3) is 5.57. The Morgan fingerprint density at radius 2 is 1.81 bits per heavy atom. The van der Waals surface area contributed by atoms with E-state index in [0.717, 1.165) is 17.8 Å². The standard InChI is InChI=1S/C18H18N4O4S/c1-22(2)16-5-3-4-15(10-16)20-12-13(11-19)18(23)21-14-6-8-17(9-7-14)27(24,25)26/h3-10,12,20H,1-2H3,(H,21,23)(H,24,25,26)/b13-12-. The molecule has 0 bridgehead atoms. The molecule has 3 N–H and O–H groups in total. The second kappa shape index (κ2) is 8.35. The highest BCUT2D eigenvalue weighted by atomic mass is 32.2. The molecule has 0 heterocycles. The van der Waals surface area contributed by atoms with E-state index in [1.807, 2.05) is 37.2 Å². The summed E-state index contributed by atoms with van der Waals surface area (Å²) in [6, 6.07) is 14.1. The van der Waals surface area contributed by atoms with Gasteiger partial charge in [-0.2, -0.15) is 13.7 Å². The van der Waals surface area contributed by atoms with Crippen LogP contribution in [0.25, 0.3) is 0 Å². The number of hydrogen-bond acceptors (Lipinski definition) is 6. The summed E-state index contributed by atoms with van der Waals surface area (Å²) < 4.78 is 31.0. The van der Waals surface area contributed by atoms with Crippen molar-refractivity contribution in [3.8, 4) is 6.07 Å². The van der Waals surface area contributed by atoms with E-state index >= 15 is 0 Å². The number of rotatable bonds is 6. The average Bonchev–Trinajstić information content (AvgIpc) is 2.62. The van der Waals surface area contributed by atoms with E-state index in [0.29, 0.717) is 5.69 Å². The first-order valence-electron chi connectivity index (χ1n) is 7.74.